The van der Waals surface area contributed by atoms with Gasteiger partial charge in [-0.3, -0.25) is 4.79 Å². The Bertz CT molecular complexity index is 1090. The maximum Gasteiger partial charge on any atom is 0.234 e. The first-order valence-corrected chi connectivity index (χ1v) is 12.2. The lowest BCUT2D eigenvalue weighted by atomic mass is 10.2. The first-order chi connectivity index (χ1) is 15.5. The molecule has 3 aromatic rings. The summed E-state index contributed by atoms with van der Waals surface area (Å²) in [5.41, 5.74) is 1.75. The van der Waals surface area contributed by atoms with Crippen LogP contribution in [0.1, 0.15) is 17.8 Å². The highest BCUT2D eigenvalue weighted by Crippen LogP contribution is 2.23. The van der Waals surface area contributed by atoms with E-state index in [1.807, 2.05) is 29.7 Å². The number of allylic oxidation sites excluding steroid dienone is 1. The highest BCUT2D eigenvalue weighted by molar-refractivity contribution is 9.10. The van der Waals surface area contributed by atoms with Crippen molar-refractivity contribution in [2.75, 3.05) is 17.7 Å². The zero-order valence-electron chi connectivity index (χ0n) is 17.7. The van der Waals surface area contributed by atoms with Crippen LogP contribution >= 0.6 is 39.3 Å². The normalized spacial score (nSPS) is 10.7. The number of benzene rings is 2. The summed E-state index contributed by atoms with van der Waals surface area (Å²) in [5, 5.41) is 12.7. The van der Waals surface area contributed by atoms with Crippen molar-refractivity contribution in [3.8, 4) is 5.75 Å². The Hall–Kier alpha value is -2.29. The molecule has 1 amide bonds. The lowest BCUT2D eigenvalue weighted by Gasteiger charge is -2.10. The molecule has 32 heavy (non-hydrogen) atoms. The van der Waals surface area contributed by atoms with E-state index in [-0.39, 0.29) is 11.7 Å². The lowest BCUT2D eigenvalue weighted by Crippen LogP contribution is -2.14. The summed E-state index contributed by atoms with van der Waals surface area (Å²) in [7, 11) is 0. The summed E-state index contributed by atoms with van der Waals surface area (Å²) < 4.78 is 8.91. The van der Waals surface area contributed by atoms with Gasteiger partial charge in [-0.2, -0.15) is 0 Å². The van der Waals surface area contributed by atoms with Crippen molar-refractivity contribution in [3.63, 3.8) is 0 Å². The van der Waals surface area contributed by atoms with E-state index in [9.17, 15) is 4.79 Å². The number of amides is 1. The molecular weight excluding hydrogens is 512 g/mol. The smallest absolute Gasteiger partial charge is 0.234 e. The van der Waals surface area contributed by atoms with Crippen LogP contribution in [0.2, 0.25) is 5.02 Å². The van der Waals surface area contributed by atoms with Crippen LogP contribution in [0.15, 0.2) is 64.7 Å². The largest absolute Gasteiger partial charge is 0.493 e. The summed E-state index contributed by atoms with van der Waals surface area (Å²) in [5.74, 6) is 1.81. The van der Waals surface area contributed by atoms with Gasteiger partial charge in [0, 0.05) is 28.1 Å². The van der Waals surface area contributed by atoms with Crippen LogP contribution in [0.4, 0.5) is 5.69 Å². The highest BCUT2D eigenvalue weighted by Gasteiger charge is 2.14. The molecule has 3 rings (SSSR count). The second kappa shape index (κ2) is 12.1. The maximum atomic E-state index is 12.3. The molecule has 0 aliphatic carbocycles. The van der Waals surface area contributed by atoms with Crippen LogP contribution in [0.5, 0.6) is 5.75 Å². The number of hydrogen-bond acceptors (Lipinski definition) is 5. The van der Waals surface area contributed by atoms with Crippen molar-refractivity contribution in [2.45, 2.75) is 31.5 Å². The Morgan fingerprint density at radius 2 is 2.16 bits per heavy atom. The Morgan fingerprint density at radius 3 is 2.91 bits per heavy atom. The Morgan fingerprint density at radius 1 is 1.31 bits per heavy atom. The van der Waals surface area contributed by atoms with E-state index >= 15 is 0 Å². The average Bonchev–Trinajstić information content (AvgIpc) is 3.13. The van der Waals surface area contributed by atoms with Crippen molar-refractivity contribution < 1.29 is 9.53 Å². The van der Waals surface area contributed by atoms with Gasteiger partial charge in [0.2, 0.25) is 5.91 Å². The van der Waals surface area contributed by atoms with Crippen LogP contribution in [0.3, 0.4) is 0 Å². The quantitative estimate of drug-likeness (QED) is 0.187. The molecular formula is C23H24BrClN4O2S. The number of rotatable bonds is 11. The van der Waals surface area contributed by atoms with Gasteiger partial charge in [-0.1, -0.05) is 51.4 Å². The Balaban J connectivity index is 1.52. The molecule has 0 saturated carbocycles. The van der Waals surface area contributed by atoms with Gasteiger partial charge >= 0.3 is 0 Å². The summed E-state index contributed by atoms with van der Waals surface area (Å²) in [6, 6.07) is 13.0. The topological polar surface area (TPSA) is 69.0 Å². The number of aryl methyl sites for hydroxylation is 2. The summed E-state index contributed by atoms with van der Waals surface area (Å²) in [4.78, 5) is 12.3. The van der Waals surface area contributed by atoms with Gasteiger partial charge in [0.25, 0.3) is 0 Å². The monoisotopic (exact) mass is 534 g/mol. The van der Waals surface area contributed by atoms with Crippen LogP contribution in [-0.4, -0.2) is 33.0 Å². The van der Waals surface area contributed by atoms with E-state index in [4.69, 9.17) is 16.3 Å². The standard InChI is InChI=1S/C23H24BrClN4O2S/c1-3-11-29-21(8-5-12-31-20-10-9-17(24)13-16(20)2)27-28-23(29)32-15-22(30)26-19-7-4-6-18(25)14-19/h3-4,6-7,9-10,13-14H,1,5,8,11-12,15H2,2H3,(H,26,30). The highest BCUT2D eigenvalue weighted by atomic mass is 79.9. The third-order valence-corrected chi connectivity index (χ3v) is 6.18. The van der Waals surface area contributed by atoms with E-state index in [0.717, 1.165) is 28.0 Å². The van der Waals surface area contributed by atoms with Crippen molar-refractivity contribution >= 4 is 50.9 Å². The molecule has 2 aromatic carbocycles. The van der Waals surface area contributed by atoms with E-state index in [0.29, 0.717) is 35.4 Å². The van der Waals surface area contributed by atoms with Gasteiger partial charge in [0.05, 0.1) is 12.4 Å². The Kier molecular flexibility index (Phi) is 9.20. The molecule has 0 unspecified atom stereocenters. The second-order valence-corrected chi connectivity index (χ2v) is 9.30. The summed E-state index contributed by atoms with van der Waals surface area (Å²) >= 11 is 10.8. The molecule has 0 aliphatic rings. The minimum Gasteiger partial charge on any atom is -0.493 e. The Labute approximate surface area is 205 Å². The fourth-order valence-electron chi connectivity index (χ4n) is 3.00. The lowest BCUT2D eigenvalue weighted by molar-refractivity contribution is -0.113. The van der Waals surface area contributed by atoms with Gasteiger partial charge < -0.3 is 14.6 Å². The average molecular weight is 536 g/mol. The molecule has 0 aliphatic heterocycles. The van der Waals surface area contributed by atoms with Gasteiger partial charge in [0.15, 0.2) is 5.16 Å². The van der Waals surface area contributed by atoms with Gasteiger partial charge in [-0.05, 0) is 55.3 Å². The minimum atomic E-state index is -0.134. The minimum absolute atomic E-state index is 0.134. The van der Waals surface area contributed by atoms with E-state index in [2.05, 4.69) is 38.0 Å². The number of carbonyl (C=O) groups excluding carboxylic acids is 1. The molecule has 1 aromatic heterocycles. The van der Waals surface area contributed by atoms with Crippen LogP contribution in [0.25, 0.3) is 0 Å². The van der Waals surface area contributed by atoms with E-state index in [1.54, 1.807) is 30.3 Å². The predicted octanol–water partition coefficient (Wildman–Crippen LogP) is 5.93. The SMILES string of the molecule is C=CCn1c(CCCOc2ccc(Br)cc2C)nnc1SCC(=O)Nc1cccc(Cl)c1. The fourth-order valence-corrected chi connectivity index (χ4v) is 4.44. The molecule has 1 N–H and O–H groups in total. The molecule has 0 radical (unpaired) electrons. The van der Waals surface area contributed by atoms with E-state index in [1.165, 1.54) is 11.8 Å². The molecule has 9 heteroatoms. The zero-order chi connectivity index (χ0) is 22.9. The van der Waals surface area contributed by atoms with Crippen molar-refractivity contribution in [2.24, 2.45) is 0 Å². The number of anilines is 1. The first kappa shape index (κ1) is 24.4. The number of hydrogen-bond donors (Lipinski definition) is 1. The molecule has 0 spiro atoms. The number of aromatic nitrogens is 3. The molecule has 6 nitrogen and oxygen atoms in total. The number of ether oxygens (including phenoxy) is 1. The van der Waals surface area contributed by atoms with Gasteiger partial charge in [0.1, 0.15) is 11.6 Å². The predicted molar refractivity (Wildman–Crippen MR) is 134 cm³/mol. The van der Waals surface area contributed by atoms with Crippen LogP contribution in [0, 0.1) is 6.92 Å². The molecule has 0 fully saturated rings. The van der Waals surface area contributed by atoms with E-state index < -0.39 is 0 Å². The number of halogens is 2. The molecule has 1 heterocycles. The third kappa shape index (κ3) is 7.12. The van der Waals surface area contributed by atoms with Crippen LogP contribution < -0.4 is 10.1 Å². The van der Waals surface area contributed by atoms with Crippen molar-refractivity contribution in [3.05, 3.63) is 76.0 Å². The van der Waals surface area contributed by atoms with Crippen LogP contribution in [-0.2, 0) is 17.8 Å². The maximum absolute atomic E-state index is 12.3. The third-order valence-electron chi connectivity index (χ3n) is 4.49. The summed E-state index contributed by atoms with van der Waals surface area (Å²) in [6.07, 6.45) is 3.31. The number of thioether (sulfide) groups is 1. The number of nitrogens with one attached hydrogen (secondary N) is 1. The number of nitrogens with zero attached hydrogens (tertiary/aromatic N) is 3. The van der Waals surface area contributed by atoms with Crippen molar-refractivity contribution in [1.82, 2.24) is 14.8 Å². The number of carbonyl (C=O) groups is 1. The molecule has 0 atom stereocenters. The summed E-state index contributed by atoms with van der Waals surface area (Å²) in [6.45, 7) is 7.00. The zero-order valence-corrected chi connectivity index (χ0v) is 20.8. The molecule has 0 bridgehead atoms. The second-order valence-electron chi connectivity index (χ2n) is 7.01. The van der Waals surface area contributed by atoms with Crippen molar-refractivity contribution in [1.29, 1.82) is 0 Å². The molecule has 168 valence electrons. The fraction of sp³-hybridized carbons (Fsp3) is 0.261. The first-order valence-electron chi connectivity index (χ1n) is 10.1. The van der Waals surface area contributed by atoms with Gasteiger partial charge in [-0.15, -0.1) is 16.8 Å². The van der Waals surface area contributed by atoms with Gasteiger partial charge in [-0.25, -0.2) is 0 Å². The molecule has 0 saturated heterocycles.